The maximum Gasteiger partial charge on any atom is 0.410 e. The monoisotopic (exact) mass is 673 g/mol. The molecule has 0 N–H and O–H groups in total. The van der Waals surface area contributed by atoms with Gasteiger partial charge in [-0.25, -0.2) is 14.2 Å². The van der Waals surface area contributed by atoms with Crippen molar-refractivity contribution in [2.45, 2.75) is 70.8 Å². The second-order valence-electron chi connectivity index (χ2n) is 14.5. The minimum absolute atomic E-state index is 0.0721. The Labute approximate surface area is 288 Å². The maximum atomic E-state index is 14.8. The summed E-state index contributed by atoms with van der Waals surface area (Å²) < 4.78 is 31.3. The summed E-state index contributed by atoms with van der Waals surface area (Å²) in [5.41, 5.74) is 2.79. The molecule has 0 bridgehead atoms. The molecule has 0 aliphatic carbocycles. The molecule has 3 aliphatic heterocycles. The summed E-state index contributed by atoms with van der Waals surface area (Å²) in [6.45, 7) is 13.9. The number of amides is 2. The zero-order valence-electron chi connectivity index (χ0n) is 29.2. The molecule has 11 heteroatoms. The Morgan fingerprint density at radius 2 is 1.71 bits per heavy atom. The van der Waals surface area contributed by atoms with E-state index in [0.717, 1.165) is 23.2 Å². The fourth-order valence-electron chi connectivity index (χ4n) is 6.93. The van der Waals surface area contributed by atoms with Crippen molar-refractivity contribution in [2.75, 3.05) is 57.4 Å². The normalized spacial score (nSPS) is 23.5. The molecule has 2 aromatic carbocycles. The molecule has 0 unspecified atom stereocenters. The number of hydrogen-bond donors (Lipinski definition) is 0. The quantitative estimate of drug-likeness (QED) is 0.334. The molecule has 10 nitrogen and oxygen atoms in total. The Morgan fingerprint density at radius 1 is 0.959 bits per heavy atom. The van der Waals surface area contributed by atoms with Crippen molar-refractivity contribution in [3.63, 3.8) is 0 Å². The average molecular weight is 674 g/mol. The lowest BCUT2D eigenvalue weighted by Crippen LogP contribution is -2.64. The van der Waals surface area contributed by atoms with Crippen molar-refractivity contribution < 1.29 is 28.2 Å². The highest BCUT2D eigenvalue weighted by Crippen LogP contribution is 2.39. The van der Waals surface area contributed by atoms with E-state index < -0.39 is 5.60 Å². The van der Waals surface area contributed by atoms with Gasteiger partial charge in [0.05, 0.1) is 25.8 Å². The molecule has 2 amide bonds. The molecular weight excluding hydrogens is 625 g/mol. The van der Waals surface area contributed by atoms with Crippen molar-refractivity contribution in [1.82, 2.24) is 19.7 Å². The Morgan fingerprint density at radius 3 is 2.43 bits per heavy atom. The van der Waals surface area contributed by atoms with E-state index in [0.29, 0.717) is 50.8 Å². The Hall–Kier alpha value is -4.06. The van der Waals surface area contributed by atoms with Crippen LogP contribution in [0.1, 0.15) is 57.4 Å². The van der Waals surface area contributed by atoms with Gasteiger partial charge < -0.3 is 19.1 Å². The predicted molar refractivity (Wildman–Crippen MR) is 185 cm³/mol. The third-order valence-electron chi connectivity index (χ3n) is 9.48. The highest BCUT2D eigenvalue weighted by Gasteiger charge is 2.41. The molecule has 0 radical (unpaired) electrons. The lowest BCUT2D eigenvalue weighted by molar-refractivity contribution is -0.122. The number of morpholine rings is 1. The molecule has 0 saturated carbocycles. The van der Waals surface area contributed by atoms with Crippen molar-refractivity contribution in [1.29, 1.82) is 0 Å². The molecule has 262 valence electrons. The van der Waals surface area contributed by atoms with Crippen LogP contribution in [0, 0.1) is 5.82 Å². The van der Waals surface area contributed by atoms with E-state index in [-0.39, 0.29) is 55.1 Å². The number of benzene rings is 2. The standard InChI is InChI=1S/C38H48FN5O5/c1-26-20-42(32(21-41-15-16-47-24-27(41)2)22-43(26)37(46)49-38(3,4)5)23-35(45)44-33-18-29(17-28-11-13-31(39)14-12-28)19-40-36(33)48-25-34(44)30-9-7-6-8-10-30/h6-14,18-19,26-27,32,34H,15-17,20-25H2,1-5H3/t26-,27-,32+,34-/m1/s1. The molecule has 49 heavy (non-hydrogen) atoms. The largest absolute Gasteiger partial charge is 0.474 e. The maximum absolute atomic E-state index is 14.8. The number of hydrogen-bond acceptors (Lipinski definition) is 8. The number of fused-ring (bicyclic) bond motifs is 1. The van der Waals surface area contributed by atoms with Crippen LogP contribution >= 0.6 is 0 Å². The van der Waals surface area contributed by atoms with Gasteiger partial charge >= 0.3 is 6.09 Å². The van der Waals surface area contributed by atoms with Crippen molar-refractivity contribution >= 4 is 17.7 Å². The number of carbonyl (C=O) groups excluding carboxylic acids is 2. The molecule has 2 saturated heterocycles. The van der Waals surface area contributed by atoms with E-state index in [1.54, 1.807) is 18.3 Å². The lowest BCUT2D eigenvalue weighted by Gasteiger charge is -2.48. The van der Waals surface area contributed by atoms with Gasteiger partial charge in [-0.15, -0.1) is 0 Å². The molecule has 4 atom stereocenters. The van der Waals surface area contributed by atoms with E-state index in [1.807, 2.05) is 73.9 Å². The van der Waals surface area contributed by atoms with Gasteiger partial charge in [-0.3, -0.25) is 19.5 Å². The summed E-state index contributed by atoms with van der Waals surface area (Å²) in [6, 6.07) is 17.9. The molecule has 3 aliphatic rings. The van der Waals surface area contributed by atoms with Gasteiger partial charge in [0, 0.05) is 50.5 Å². The molecule has 4 heterocycles. The van der Waals surface area contributed by atoms with Gasteiger partial charge in [0.15, 0.2) is 0 Å². The first-order valence-corrected chi connectivity index (χ1v) is 17.2. The molecule has 6 rings (SSSR count). The first-order chi connectivity index (χ1) is 23.4. The van der Waals surface area contributed by atoms with Gasteiger partial charge in [-0.2, -0.15) is 0 Å². The van der Waals surface area contributed by atoms with Crippen molar-refractivity contribution in [2.24, 2.45) is 0 Å². The molecule has 3 aromatic rings. The number of aromatic nitrogens is 1. The number of nitrogens with zero attached hydrogens (tertiary/aromatic N) is 5. The highest BCUT2D eigenvalue weighted by molar-refractivity contribution is 5.97. The minimum atomic E-state index is -0.613. The number of piperazine rings is 1. The Bertz CT molecular complexity index is 1600. The smallest absolute Gasteiger partial charge is 0.410 e. The van der Waals surface area contributed by atoms with Crippen LogP contribution in [0.25, 0.3) is 0 Å². The van der Waals surface area contributed by atoms with E-state index in [2.05, 4.69) is 21.7 Å². The topological polar surface area (TPSA) is 87.7 Å². The lowest BCUT2D eigenvalue weighted by atomic mass is 10.0. The van der Waals surface area contributed by atoms with Gasteiger partial charge in [-0.1, -0.05) is 42.5 Å². The molecular formula is C38H48FN5O5. The zero-order valence-corrected chi connectivity index (χ0v) is 29.2. The summed E-state index contributed by atoms with van der Waals surface area (Å²) >= 11 is 0. The fourth-order valence-corrected chi connectivity index (χ4v) is 6.93. The summed E-state index contributed by atoms with van der Waals surface area (Å²) in [5.74, 6) is 0.0492. The number of pyridine rings is 1. The number of halogens is 1. The van der Waals surface area contributed by atoms with Crippen molar-refractivity contribution in [3.05, 3.63) is 89.4 Å². The second kappa shape index (κ2) is 14.8. The first kappa shape index (κ1) is 34.8. The molecule has 0 spiro atoms. The van der Waals surface area contributed by atoms with Gasteiger partial charge in [0.25, 0.3) is 0 Å². The summed E-state index contributed by atoms with van der Waals surface area (Å²) in [6.07, 6.45) is 1.95. The average Bonchev–Trinajstić information content (AvgIpc) is 3.06. The van der Waals surface area contributed by atoms with Crippen LogP contribution in [-0.2, 0) is 20.7 Å². The van der Waals surface area contributed by atoms with Crippen LogP contribution in [0.5, 0.6) is 5.88 Å². The number of anilines is 1. The third kappa shape index (κ3) is 8.40. The van der Waals surface area contributed by atoms with Crippen LogP contribution < -0.4 is 9.64 Å². The summed E-state index contributed by atoms with van der Waals surface area (Å²) in [5, 5.41) is 0. The predicted octanol–water partition coefficient (Wildman–Crippen LogP) is 5.31. The third-order valence-corrected chi connectivity index (χ3v) is 9.48. The Balaban J connectivity index is 1.30. The van der Waals surface area contributed by atoms with Crippen LogP contribution in [-0.4, -0.2) is 108 Å². The van der Waals surface area contributed by atoms with Gasteiger partial charge in [-0.05, 0) is 75.9 Å². The minimum Gasteiger partial charge on any atom is -0.474 e. The van der Waals surface area contributed by atoms with E-state index in [9.17, 15) is 14.0 Å². The van der Waals surface area contributed by atoms with Crippen LogP contribution in [0.15, 0.2) is 66.9 Å². The number of ether oxygens (including phenoxy) is 3. The molecule has 1 aromatic heterocycles. The van der Waals surface area contributed by atoms with E-state index >= 15 is 0 Å². The first-order valence-electron chi connectivity index (χ1n) is 17.2. The highest BCUT2D eigenvalue weighted by atomic mass is 19.1. The second-order valence-corrected chi connectivity index (χ2v) is 14.5. The Kier molecular flexibility index (Phi) is 10.5. The van der Waals surface area contributed by atoms with E-state index in [1.165, 1.54) is 12.1 Å². The SMILES string of the molecule is C[C@@H]1COCCN1C[C@H]1CN(C(=O)OC(C)(C)C)[C@H](C)CN1CC(=O)N1c2cc(Cc3ccc(F)cc3)cnc2OC[C@@H]1c1ccccc1. The van der Waals surface area contributed by atoms with Gasteiger partial charge in [0.2, 0.25) is 11.8 Å². The molecule has 2 fully saturated rings. The van der Waals surface area contributed by atoms with Crippen LogP contribution in [0.2, 0.25) is 0 Å². The fraction of sp³-hybridized carbons (Fsp3) is 0.500. The van der Waals surface area contributed by atoms with Crippen LogP contribution in [0.3, 0.4) is 0 Å². The summed E-state index contributed by atoms with van der Waals surface area (Å²) in [7, 11) is 0. The van der Waals surface area contributed by atoms with E-state index in [4.69, 9.17) is 14.2 Å². The zero-order chi connectivity index (χ0) is 34.7. The number of rotatable bonds is 7. The summed E-state index contributed by atoms with van der Waals surface area (Å²) in [4.78, 5) is 41.0. The van der Waals surface area contributed by atoms with Crippen LogP contribution in [0.4, 0.5) is 14.9 Å². The van der Waals surface area contributed by atoms with Gasteiger partial charge in [0.1, 0.15) is 23.7 Å². The number of carbonyl (C=O) groups is 2. The van der Waals surface area contributed by atoms with Crippen molar-refractivity contribution in [3.8, 4) is 5.88 Å².